The number of carbonyl (C=O) groups is 2. The molecular formula is C26H20FIN2O4S. The third kappa shape index (κ3) is 6.29. The number of nitrogens with zero attached hydrogens (tertiary/aromatic N) is 1. The fourth-order valence-corrected chi connectivity index (χ4v) is 4.81. The number of carbonyl (C=O) groups excluding carboxylic acids is 2. The van der Waals surface area contributed by atoms with Gasteiger partial charge in [-0.25, -0.2) is 4.39 Å². The zero-order valence-corrected chi connectivity index (χ0v) is 21.6. The van der Waals surface area contributed by atoms with Gasteiger partial charge >= 0.3 is 0 Å². The third-order valence-electron chi connectivity index (χ3n) is 4.83. The second-order valence-corrected chi connectivity index (χ2v) is 9.49. The molecule has 0 aromatic heterocycles. The van der Waals surface area contributed by atoms with Crippen LogP contribution in [0.15, 0.2) is 76.6 Å². The Balaban J connectivity index is 1.55. The van der Waals surface area contributed by atoms with Crippen LogP contribution >= 0.6 is 34.4 Å². The molecule has 0 aliphatic carbocycles. The zero-order valence-electron chi connectivity index (χ0n) is 18.6. The van der Waals surface area contributed by atoms with E-state index in [4.69, 9.17) is 9.47 Å². The molecule has 9 heteroatoms. The summed E-state index contributed by atoms with van der Waals surface area (Å²) in [6, 6.07) is 18.7. The van der Waals surface area contributed by atoms with Crippen molar-refractivity contribution in [3.63, 3.8) is 0 Å². The highest BCUT2D eigenvalue weighted by atomic mass is 127. The Kier molecular flexibility index (Phi) is 8.19. The SMILES string of the molecule is CCOc1cc(/C=C2\SC(=NC(=O)c3ccccc3)NC2=O)cc(I)c1OCc1ccccc1F. The van der Waals surface area contributed by atoms with Gasteiger partial charge in [0, 0.05) is 11.1 Å². The van der Waals surface area contributed by atoms with Crippen LogP contribution in [0.5, 0.6) is 11.5 Å². The predicted octanol–water partition coefficient (Wildman–Crippen LogP) is 5.81. The van der Waals surface area contributed by atoms with E-state index in [0.717, 1.165) is 15.3 Å². The standard InChI is InChI=1S/C26H20FIN2O4S/c1-2-33-21-13-16(12-20(28)23(21)34-15-18-10-6-7-11-19(18)27)14-22-25(32)30-26(35-22)29-24(31)17-8-4-3-5-9-17/h3-14H,2,15H2,1H3,(H,29,30,31,32)/b22-14-. The molecule has 1 fully saturated rings. The van der Waals surface area contributed by atoms with Gasteiger partial charge in [0.25, 0.3) is 11.8 Å². The van der Waals surface area contributed by atoms with Crippen LogP contribution in [-0.4, -0.2) is 23.6 Å². The summed E-state index contributed by atoms with van der Waals surface area (Å²) in [5, 5.41) is 2.85. The van der Waals surface area contributed by atoms with Crippen molar-refractivity contribution in [3.8, 4) is 11.5 Å². The van der Waals surface area contributed by atoms with E-state index in [0.29, 0.717) is 39.7 Å². The normalized spacial score (nSPS) is 15.3. The second kappa shape index (κ2) is 11.5. The van der Waals surface area contributed by atoms with Crippen molar-refractivity contribution in [1.82, 2.24) is 5.32 Å². The minimum atomic E-state index is -0.431. The number of amides is 2. The van der Waals surface area contributed by atoms with Crippen LogP contribution in [-0.2, 0) is 11.4 Å². The number of rotatable bonds is 7. The molecule has 1 aliphatic heterocycles. The van der Waals surface area contributed by atoms with Crippen molar-refractivity contribution in [3.05, 3.63) is 97.7 Å². The van der Waals surface area contributed by atoms with E-state index in [1.54, 1.807) is 54.6 Å². The van der Waals surface area contributed by atoms with E-state index in [2.05, 4.69) is 32.9 Å². The summed E-state index contributed by atoms with van der Waals surface area (Å²) in [6.07, 6.45) is 1.70. The fourth-order valence-electron chi connectivity index (χ4n) is 3.21. The van der Waals surface area contributed by atoms with E-state index in [1.807, 2.05) is 19.1 Å². The highest BCUT2D eigenvalue weighted by molar-refractivity contribution is 14.1. The van der Waals surface area contributed by atoms with Crippen LogP contribution in [0.25, 0.3) is 6.08 Å². The van der Waals surface area contributed by atoms with Crippen molar-refractivity contribution < 1.29 is 23.5 Å². The van der Waals surface area contributed by atoms with Gasteiger partial charge in [-0.15, -0.1) is 0 Å². The van der Waals surface area contributed by atoms with Crippen molar-refractivity contribution >= 4 is 57.4 Å². The molecule has 0 saturated carbocycles. The Morgan fingerprint density at radius 1 is 1.11 bits per heavy atom. The van der Waals surface area contributed by atoms with E-state index >= 15 is 0 Å². The smallest absolute Gasteiger partial charge is 0.279 e. The molecular weight excluding hydrogens is 582 g/mol. The first-order valence-electron chi connectivity index (χ1n) is 10.7. The van der Waals surface area contributed by atoms with Gasteiger partial charge in [-0.2, -0.15) is 4.99 Å². The minimum absolute atomic E-state index is 0.0523. The molecule has 3 aromatic carbocycles. The largest absolute Gasteiger partial charge is 0.490 e. The molecule has 0 unspecified atom stereocenters. The average Bonchev–Trinajstić information content (AvgIpc) is 3.18. The number of benzene rings is 3. The minimum Gasteiger partial charge on any atom is -0.490 e. The van der Waals surface area contributed by atoms with Crippen molar-refractivity contribution in [2.24, 2.45) is 4.99 Å². The monoisotopic (exact) mass is 602 g/mol. The van der Waals surface area contributed by atoms with E-state index < -0.39 is 5.91 Å². The van der Waals surface area contributed by atoms with Gasteiger partial charge in [-0.1, -0.05) is 36.4 Å². The lowest BCUT2D eigenvalue weighted by atomic mass is 10.1. The lowest BCUT2D eigenvalue weighted by Gasteiger charge is -2.15. The molecule has 4 rings (SSSR count). The van der Waals surface area contributed by atoms with Crippen LogP contribution in [0, 0.1) is 9.39 Å². The van der Waals surface area contributed by atoms with Gasteiger partial charge in [-0.3, -0.25) is 9.59 Å². The van der Waals surface area contributed by atoms with Crippen LogP contribution in [0.1, 0.15) is 28.4 Å². The number of amidine groups is 1. The summed E-state index contributed by atoms with van der Waals surface area (Å²) in [4.78, 5) is 29.2. The first-order chi connectivity index (χ1) is 16.9. The Morgan fingerprint density at radius 3 is 2.60 bits per heavy atom. The zero-order chi connectivity index (χ0) is 24.8. The maximum absolute atomic E-state index is 14.0. The molecule has 0 atom stereocenters. The van der Waals surface area contributed by atoms with Crippen molar-refractivity contribution in [2.45, 2.75) is 13.5 Å². The number of hydrogen-bond donors (Lipinski definition) is 1. The molecule has 1 N–H and O–H groups in total. The number of aliphatic imine (C=N–C) groups is 1. The molecule has 1 heterocycles. The molecule has 6 nitrogen and oxygen atoms in total. The molecule has 1 aliphatic rings. The topological polar surface area (TPSA) is 77.0 Å². The summed E-state index contributed by atoms with van der Waals surface area (Å²) >= 11 is 3.21. The first kappa shape index (κ1) is 24.9. The predicted molar refractivity (Wildman–Crippen MR) is 143 cm³/mol. The molecule has 35 heavy (non-hydrogen) atoms. The summed E-state index contributed by atoms with van der Waals surface area (Å²) in [5.41, 5.74) is 1.59. The number of hydrogen-bond acceptors (Lipinski definition) is 5. The highest BCUT2D eigenvalue weighted by Crippen LogP contribution is 2.37. The summed E-state index contributed by atoms with van der Waals surface area (Å²) in [6.45, 7) is 2.31. The Bertz CT molecular complexity index is 1330. The van der Waals surface area contributed by atoms with Gasteiger partial charge in [0.2, 0.25) is 0 Å². The highest BCUT2D eigenvalue weighted by Gasteiger charge is 2.25. The fraction of sp³-hybridized carbons (Fsp3) is 0.115. The van der Waals surface area contributed by atoms with Gasteiger partial charge in [0.1, 0.15) is 12.4 Å². The molecule has 0 radical (unpaired) electrons. The third-order valence-corrected chi connectivity index (χ3v) is 6.55. The second-order valence-electron chi connectivity index (χ2n) is 7.30. The van der Waals surface area contributed by atoms with E-state index in [1.165, 1.54) is 6.07 Å². The van der Waals surface area contributed by atoms with Gasteiger partial charge in [0.15, 0.2) is 16.7 Å². The van der Waals surface area contributed by atoms with Crippen LogP contribution in [0.2, 0.25) is 0 Å². The van der Waals surface area contributed by atoms with Crippen molar-refractivity contribution in [2.75, 3.05) is 6.61 Å². The lowest BCUT2D eigenvalue weighted by Crippen LogP contribution is -2.20. The molecule has 1 saturated heterocycles. The molecule has 0 spiro atoms. The Hall–Kier alpha value is -3.18. The maximum atomic E-state index is 14.0. The quantitative estimate of drug-likeness (QED) is 0.273. The summed E-state index contributed by atoms with van der Waals surface area (Å²) in [7, 11) is 0. The van der Waals surface area contributed by atoms with Gasteiger partial charge in [0.05, 0.1) is 15.1 Å². The van der Waals surface area contributed by atoms with Gasteiger partial charge in [-0.05, 0) is 83.2 Å². The number of halogens is 2. The molecule has 2 amide bonds. The number of ether oxygens (including phenoxy) is 2. The van der Waals surface area contributed by atoms with Crippen LogP contribution in [0.4, 0.5) is 4.39 Å². The van der Waals surface area contributed by atoms with E-state index in [9.17, 15) is 14.0 Å². The first-order valence-corrected chi connectivity index (χ1v) is 12.6. The number of nitrogens with one attached hydrogen (secondary N) is 1. The molecule has 0 bridgehead atoms. The van der Waals surface area contributed by atoms with Gasteiger partial charge < -0.3 is 14.8 Å². The van der Waals surface area contributed by atoms with Crippen molar-refractivity contribution in [1.29, 1.82) is 0 Å². The van der Waals surface area contributed by atoms with Crippen LogP contribution < -0.4 is 14.8 Å². The van der Waals surface area contributed by atoms with Crippen LogP contribution in [0.3, 0.4) is 0 Å². The number of thioether (sulfide) groups is 1. The summed E-state index contributed by atoms with van der Waals surface area (Å²) in [5.74, 6) is -0.132. The molecule has 178 valence electrons. The maximum Gasteiger partial charge on any atom is 0.279 e. The average molecular weight is 602 g/mol. The molecule has 3 aromatic rings. The summed E-state index contributed by atoms with van der Waals surface area (Å²) < 4.78 is 26.4. The lowest BCUT2D eigenvalue weighted by molar-refractivity contribution is -0.115. The Labute approximate surface area is 219 Å². The van der Waals surface area contributed by atoms with E-state index in [-0.39, 0.29) is 23.5 Å². The Morgan fingerprint density at radius 2 is 1.86 bits per heavy atom.